The summed E-state index contributed by atoms with van der Waals surface area (Å²) in [6.07, 6.45) is 1.91. The second-order valence-electron chi connectivity index (χ2n) is 4.63. The van der Waals surface area contributed by atoms with Gasteiger partial charge in [-0.3, -0.25) is 9.69 Å². The van der Waals surface area contributed by atoms with E-state index in [9.17, 15) is 4.79 Å². The molecule has 0 aliphatic carbocycles. The van der Waals surface area contributed by atoms with Crippen molar-refractivity contribution in [3.63, 3.8) is 0 Å². The largest absolute Gasteiger partial charge is 0.468 e. The topological polar surface area (TPSA) is 49.8 Å². The third kappa shape index (κ3) is 2.89. The zero-order valence-corrected chi connectivity index (χ0v) is 10.6. The molecule has 1 atom stereocenters. The van der Waals surface area contributed by atoms with E-state index in [1.807, 2.05) is 24.3 Å². The van der Waals surface area contributed by atoms with Gasteiger partial charge in [0.25, 0.3) is 0 Å². The van der Waals surface area contributed by atoms with Gasteiger partial charge in [0.15, 0.2) is 0 Å². The van der Waals surface area contributed by atoms with Crippen LogP contribution in [-0.4, -0.2) is 35.7 Å². The number of methoxy groups -OCH3 is 1. The fourth-order valence-electron chi connectivity index (χ4n) is 2.40. The lowest BCUT2D eigenvalue weighted by atomic mass is 10.1. The Morgan fingerprint density at radius 3 is 2.67 bits per heavy atom. The number of hydrogen-bond acceptors (Lipinski definition) is 4. The van der Waals surface area contributed by atoms with Crippen LogP contribution in [0.4, 0.5) is 0 Å². The van der Waals surface area contributed by atoms with Gasteiger partial charge >= 0.3 is 5.97 Å². The van der Waals surface area contributed by atoms with Crippen molar-refractivity contribution in [2.75, 3.05) is 13.7 Å². The van der Waals surface area contributed by atoms with E-state index in [1.54, 1.807) is 0 Å². The van der Waals surface area contributed by atoms with Crippen molar-refractivity contribution < 1.29 is 14.6 Å². The third-order valence-electron chi connectivity index (χ3n) is 3.43. The summed E-state index contributed by atoms with van der Waals surface area (Å²) < 4.78 is 4.82. The molecule has 1 aliphatic heterocycles. The highest BCUT2D eigenvalue weighted by Crippen LogP contribution is 2.21. The number of benzene rings is 1. The van der Waals surface area contributed by atoms with Crippen molar-refractivity contribution in [1.29, 1.82) is 0 Å². The van der Waals surface area contributed by atoms with Gasteiger partial charge in [0.2, 0.25) is 0 Å². The van der Waals surface area contributed by atoms with Gasteiger partial charge in [-0.15, -0.1) is 0 Å². The predicted molar refractivity (Wildman–Crippen MR) is 67.8 cm³/mol. The number of carbonyl (C=O) groups excluding carboxylic acids is 1. The lowest BCUT2D eigenvalue weighted by Gasteiger charge is -2.22. The molecule has 0 spiro atoms. The highest BCUT2D eigenvalue weighted by Gasteiger charge is 2.31. The molecule has 0 radical (unpaired) electrons. The maximum atomic E-state index is 11.6. The Balaban J connectivity index is 2.01. The minimum Gasteiger partial charge on any atom is -0.468 e. The van der Waals surface area contributed by atoms with Gasteiger partial charge in [0.1, 0.15) is 6.04 Å². The summed E-state index contributed by atoms with van der Waals surface area (Å²) in [6, 6.07) is 7.72. The Morgan fingerprint density at radius 2 is 2.06 bits per heavy atom. The minimum atomic E-state index is -0.139. The van der Waals surface area contributed by atoms with E-state index in [1.165, 1.54) is 7.11 Å². The van der Waals surface area contributed by atoms with Gasteiger partial charge in [0, 0.05) is 6.54 Å². The Labute approximate surface area is 107 Å². The number of likely N-dealkylation sites (tertiary alicyclic amines) is 1. The van der Waals surface area contributed by atoms with Gasteiger partial charge in [-0.1, -0.05) is 24.3 Å². The molecule has 0 saturated carbocycles. The summed E-state index contributed by atoms with van der Waals surface area (Å²) in [6.45, 7) is 1.75. The van der Waals surface area contributed by atoms with Crippen LogP contribution in [0, 0.1) is 0 Å². The van der Waals surface area contributed by atoms with E-state index in [4.69, 9.17) is 9.84 Å². The Bertz CT molecular complexity index is 402. The molecule has 1 unspecified atom stereocenters. The molecule has 1 N–H and O–H groups in total. The standard InChI is InChI=1S/C14H19NO3/c1-18-14(17)13-3-2-8-15(13)9-11-4-6-12(10-16)7-5-11/h4-7,13,16H,2-3,8-10H2,1H3. The minimum absolute atomic E-state index is 0.0643. The van der Waals surface area contributed by atoms with Crippen molar-refractivity contribution in [2.24, 2.45) is 0 Å². The third-order valence-corrected chi connectivity index (χ3v) is 3.43. The van der Waals surface area contributed by atoms with Crippen molar-refractivity contribution in [2.45, 2.75) is 32.0 Å². The van der Waals surface area contributed by atoms with E-state index < -0.39 is 0 Å². The van der Waals surface area contributed by atoms with Crippen LogP contribution in [0.5, 0.6) is 0 Å². The first-order valence-corrected chi connectivity index (χ1v) is 6.25. The molecule has 4 heteroatoms. The summed E-state index contributed by atoms with van der Waals surface area (Å²) in [5, 5.41) is 8.99. The van der Waals surface area contributed by atoms with Crippen LogP contribution in [0.2, 0.25) is 0 Å². The molecule has 18 heavy (non-hydrogen) atoms. The fraction of sp³-hybridized carbons (Fsp3) is 0.500. The average molecular weight is 249 g/mol. The molecule has 0 aromatic heterocycles. The number of carbonyl (C=O) groups is 1. The quantitative estimate of drug-likeness (QED) is 0.818. The summed E-state index contributed by atoms with van der Waals surface area (Å²) in [7, 11) is 1.44. The van der Waals surface area contributed by atoms with Crippen LogP contribution in [0.25, 0.3) is 0 Å². The fourth-order valence-corrected chi connectivity index (χ4v) is 2.40. The highest BCUT2D eigenvalue weighted by molar-refractivity contribution is 5.75. The highest BCUT2D eigenvalue weighted by atomic mass is 16.5. The summed E-state index contributed by atoms with van der Waals surface area (Å²) in [5.41, 5.74) is 2.06. The SMILES string of the molecule is COC(=O)C1CCCN1Cc1ccc(CO)cc1. The zero-order valence-electron chi connectivity index (χ0n) is 10.6. The van der Waals surface area contributed by atoms with E-state index in [0.29, 0.717) is 0 Å². The number of aliphatic hydroxyl groups excluding tert-OH is 1. The van der Waals surface area contributed by atoms with Crippen LogP contribution in [0.1, 0.15) is 24.0 Å². The maximum absolute atomic E-state index is 11.6. The van der Waals surface area contributed by atoms with Crippen molar-refractivity contribution in [3.8, 4) is 0 Å². The number of nitrogens with zero attached hydrogens (tertiary/aromatic N) is 1. The molecular formula is C14H19NO3. The van der Waals surface area contributed by atoms with Gasteiger partial charge in [0.05, 0.1) is 13.7 Å². The Hall–Kier alpha value is -1.39. The van der Waals surface area contributed by atoms with Gasteiger partial charge in [-0.2, -0.15) is 0 Å². The van der Waals surface area contributed by atoms with E-state index in [2.05, 4.69) is 4.90 Å². The van der Waals surface area contributed by atoms with E-state index in [0.717, 1.165) is 37.1 Å². The monoisotopic (exact) mass is 249 g/mol. The normalized spacial score (nSPS) is 20.0. The van der Waals surface area contributed by atoms with Gasteiger partial charge < -0.3 is 9.84 Å². The predicted octanol–water partition coefficient (Wildman–Crippen LogP) is 1.32. The first-order valence-electron chi connectivity index (χ1n) is 6.25. The molecule has 4 nitrogen and oxygen atoms in total. The summed E-state index contributed by atoms with van der Waals surface area (Å²) >= 11 is 0. The second kappa shape index (κ2) is 5.98. The molecule has 0 bridgehead atoms. The first-order chi connectivity index (χ1) is 8.74. The molecule has 1 aromatic carbocycles. The second-order valence-corrected chi connectivity index (χ2v) is 4.63. The number of hydrogen-bond donors (Lipinski definition) is 1. The van der Waals surface area contributed by atoms with Crippen LogP contribution in [-0.2, 0) is 22.7 Å². The van der Waals surface area contributed by atoms with Crippen molar-refractivity contribution >= 4 is 5.97 Å². The lowest BCUT2D eigenvalue weighted by molar-refractivity contribution is -0.146. The Morgan fingerprint density at radius 1 is 1.39 bits per heavy atom. The average Bonchev–Trinajstić information content (AvgIpc) is 2.87. The molecule has 1 heterocycles. The molecule has 2 rings (SSSR count). The van der Waals surface area contributed by atoms with Crippen LogP contribution in [0.15, 0.2) is 24.3 Å². The molecule has 1 fully saturated rings. The van der Waals surface area contributed by atoms with Gasteiger partial charge in [-0.05, 0) is 30.5 Å². The van der Waals surface area contributed by atoms with E-state index >= 15 is 0 Å². The van der Waals surface area contributed by atoms with E-state index in [-0.39, 0.29) is 18.6 Å². The Kier molecular flexibility index (Phi) is 4.33. The van der Waals surface area contributed by atoms with Crippen molar-refractivity contribution in [1.82, 2.24) is 4.90 Å². The smallest absolute Gasteiger partial charge is 0.323 e. The van der Waals surface area contributed by atoms with Crippen LogP contribution < -0.4 is 0 Å². The number of aliphatic hydroxyl groups is 1. The molecule has 98 valence electrons. The summed E-state index contributed by atoms with van der Waals surface area (Å²) in [4.78, 5) is 13.8. The molecule has 0 amide bonds. The number of ether oxygens (including phenoxy) is 1. The van der Waals surface area contributed by atoms with Crippen LogP contribution >= 0.6 is 0 Å². The van der Waals surface area contributed by atoms with Crippen molar-refractivity contribution in [3.05, 3.63) is 35.4 Å². The lowest BCUT2D eigenvalue weighted by Crippen LogP contribution is -2.36. The molecule has 1 saturated heterocycles. The maximum Gasteiger partial charge on any atom is 0.323 e. The van der Waals surface area contributed by atoms with Crippen LogP contribution in [0.3, 0.4) is 0 Å². The molecule has 1 aliphatic rings. The molecule has 1 aromatic rings. The number of esters is 1. The number of rotatable bonds is 4. The van der Waals surface area contributed by atoms with Gasteiger partial charge in [-0.25, -0.2) is 0 Å². The zero-order chi connectivity index (χ0) is 13.0. The first kappa shape index (κ1) is 13.1. The summed E-state index contributed by atoms with van der Waals surface area (Å²) in [5.74, 6) is -0.139. The molecular weight excluding hydrogens is 230 g/mol.